The van der Waals surface area contributed by atoms with Crippen LogP contribution in [-0.2, 0) is 0 Å². The first-order chi connectivity index (χ1) is 10.3. The second-order valence-electron chi connectivity index (χ2n) is 5.02. The number of hydrogen-bond acceptors (Lipinski definition) is 3. The van der Waals surface area contributed by atoms with Crippen molar-refractivity contribution in [2.24, 2.45) is 0 Å². The van der Waals surface area contributed by atoms with Crippen LogP contribution in [0.4, 0.5) is 5.69 Å². The maximum absolute atomic E-state index is 4.49. The summed E-state index contributed by atoms with van der Waals surface area (Å²) in [6, 6.07) is 19.2. The van der Waals surface area contributed by atoms with Crippen molar-refractivity contribution >= 4 is 28.4 Å². The maximum Gasteiger partial charge on any atom is 0.0933 e. The monoisotopic (exact) mass is 294 g/mol. The Morgan fingerprint density at radius 2 is 1.76 bits per heavy atom. The number of para-hydroxylation sites is 1. The normalized spacial score (nSPS) is 12.3. The third-order valence-corrected chi connectivity index (χ3v) is 4.36. The summed E-state index contributed by atoms with van der Waals surface area (Å²) in [5.74, 6) is 0. The third kappa shape index (κ3) is 3.03. The summed E-state index contributed by atoms with van der Waals surface area (Å²) in [5, 5.41) is 4.73. The number of nitrogens with one attached hydrogen (secondary N) is 1. The van der Waals surface area contributed by atoms with Crippen molar-refractivity contribution in [3.05, 3.63) is 66.4 Å². The first kappa shape index (κ1) is 14.0. The van der Waals surface area contributed by atoms with Crippen molar-refractivity contribution in [2.45, 2.75) is 17.9 Å². The molecule has 21 heavy (non-hydrogen) atoms. The number of anilines is 1. The number of aromatic nitrogens is 1. The molecule has 3 rings (SSSR count). The fourth-order valence-corrected chi connectivity index (χ4v) is 2.84. The van der Waals surface area contributed by atoms with Crippen LogP contribution in [0.25, 0.3) is 10.9 Å². The van der Waals surface area contributed by atoms with Crippen LogP contribution in [0.2, 0.25) is 0 Å². The van der Waals surface area contributed by atoms with Gasteiger partial charge in [-0.25, -0.2) is 0 Å². The van der Waals surface area contributed by atoms with E-state index >= 15 is 0 Å². The Labute approximate surface area is 129 Å². The molecule has 0 amide bonds. The minimum Gasteiger partial charge on any atom is -0.377 e. The molecule has 1 heterocycles. The molecule has 106 valence electrons. The van der Waals surface area contributed by atoms with E-state index in [0.717, 1.165) is 16.6 Å². The lowest BCUT2D eigenvalue weighted by molar-refractivity contribution is 0.884. The lowest BCUT2D eigenvalue weighted by Gasteiger charge is -2.17. The Balaban J connectivity index is 1.87. The van der Waals surface area contributed by atoms with Crippen molar-refractivity contribution < 1.29 is 0 Å². The van der Waals surface area contributed by atoms with Crippen LogP contribution in [0.5, 0.6) is 0 Å². The van der Waals surface area contributed by atoms with Gasteiger partial charge in [-0.05, 0) is 43.0 Å². The van der Waals surface area contributed by atoms with Gasteiger partial charge in [-0.2, -0.15) is 0 Å². The molecule has 0 aliphatic carbocycles. The molecule has 1 aromatic heterocycles. The van der Waals surface area contributed by atoms with Crippen LogP contribution >= 0.6 is 11.8 Å². The molecule has 1 unspecified atom stereocenters. The Kier molecular flexibility index (Phi) is 4.11. The highest BCUT2D eigenvalue weighted by Crippen LogP contribution is 2.26. The molecule has 0 bridgehead atoms. The van der Waals surface area contributed by atoms with Crippen molar-refractivity contribution in [1.29, 1.82) is 0 Å². The smallest absolute Gasteiger partial charge is 0.0933 e. The first-order valence-corrected chi connectivity index (χ1v) is 8.24. The molecule has 0 spiro atoms. The molecule has 0 radical (unpaired) electrons. The first-order valence-electron chi connectivity index (χ1n) is 7.02. The Morgan fingerprint density at radius 3 is 2.52 bits per heavy atom. The van der Waals surface area contributed by atoms with Crippen molar-refractivity contribution in [3.63, 3.8) is 0 Å². The van der Waals surface area contributed by atoms with E-state index < -0.39 is 0 Å². The second kappa shape index (κ2) is 6.19. The van der Waals surface area contributed by atoms with E-state index in [1.54, 1.807) is 11.8 Å². The number of benzene rings is 2. The minimum atomic E-state index is 0.244. The van der Waals surface area contributed by atoms with Crippen molar-refractivity contribution in [1.82, 2.24) is 4.98 Å². The standard InChI is InChI=1S/C18H18N2S/c1-13(14-8-10-16(21-2)11-9-14)20-17-7-3-5-15-6-4-12-19-18(15)17/h3-13,20H,1-2H3. The van der Waals surface area contributed by atoms with Crippen molar-refractivity contribution in [2.75, 3.05) is 11.6 Å². The number of pyridine rings is 1. The summed E-state index contributed by atoms with van der Waals surface area (Å²) in [6.45, 7) is 2.18. The van der Waals surface area contributed by atoms with E-state index in [1.165, 1.54) is 10.5 Å². The molecule has 3 heteroatoms. The molecule has 1 N–H and O–H groups in total. The lowest BCUT2D eigenvalue weighted by atomic mass is 10.1. The van der Waals surface area contributed by atoms with Gasteiger partial charge in [0.15, 0.2) is 0 Å². The summed E-state index contributed by atoms with van der Waals surface area (Å²) in [5.41, 5.74) is 3.38. The average molecular weight is 294 g/mol. The number of thioether (sulfide) groups is 1. The Hall–Kier alpha value is -2.00. The fraction of sp³-hybridized carbons (Fsp3) is 0.167. The molecule has 2 aromatic carbocycles. The molecule has 2 nitrogen and oxygen atoms in total. The average Bonchev–Trinajstić information content (AvgIpc) is 2.55. The van der Waals surface area contributed by atoms with Gasteiger partial charge in [0.1, 0.15) is 0 Å². The van der Waals surface area contributed by atoms with Gasteiger partial charge < -0.3 is 5.32 Å². The van der Waals surface area contributed by atoms with Crippen molar-refractivity contribution in [3.8, 4) is 0 Å². The zero-order valence-electron chi connectivity index (χ0n) is 12.2. The zero-order valence-corrected chi connectivity index (χ0v) is 13.0. The van der Waals surface area contributed by atoms with Gasteiger partial charge in [-0.1, -0.05) is 30.3 Å². The van der Waals surface area contributed by atoms with E-state index in [4.69, 9.17) is 0 Å². The van der Waals surface area contributed by atoms with E-state index in [9.17, 15) is 0 Å². The molecule has 3 aromatic rings. The highest BCUT2D eigenvalue weighted by atomic mass is 32.2. The van der Waals surface area contributed by atoms with E-state index in [0.29, 0.717) is 0 Å². The minimum absolute atomic E-state index is 0.244. The van der Waals surface area contributed by atoms with Gasteiger partial charge in [0.25, 0.3) is 0 Å². The maximum atomic E-state index is 4.49. The highest BCUT2D eigenvalue weighted by molar-refractivity contribution is 7.98. The number of rotatable bonds is 4. The number of fused-ring (bicyclic) bond motifs is 1. The number of hydrogen-bond donors (Lipinski definition) is 1. The highest BCUT2D eigenvalue weighted by Gasteiger charge is 2.08. The topological polar surface area (TPSA) is 24.9 Å². The summed E-state index contributed by atoms with van der Waals surface area (Å²) >= 11 is 1.76. The van der Waals surface area contributed by atoms with Crippen LogP contribution in [0, 0.1) is 0 Å². The summed E-state index contributed by atoms with van der Waals surface area (Å²) < 4.78 is 0. The predicted octanol–water partition coefficient (Wildman–Crippen LogP) is 5.13. The largest absolute Gasteiger partial charge is 0.377 e. The molecule has 1 atom stereocenters. The van der Waals surface area contributed by atoms with Gasteiger partial charge in [-0.15, -0.1) is 11.8 Å². The number of nitrogens with zero attached hydrogens (tertiary/aromatic N) is 1. The molecule has 0 fully saturated rings. The SMILES string of the molecule is CSc1ccc(C(C)Nc2cccc3cccnc23)cc1. The molecular formula is C18H18N2S. The zero-order chi connectivity index (χ0) is 14.7. The summed E-state index contributed by atoms with van der Waals surface area (Å²) in [7, 11) is 0. The Morgan fingerprint density at radius 1 is 1.00 bits per heavy atom. The van der Waals surface area contributed by atoms with Crippen LogP contribution in [0.15, 0.2) is 65.7 Å². The summed E-state index contributed by atoms with van der Waals surface area (Å²) in [6.07, 6.45) is 3.93. The van der Waals surface area contributed by atoms with Crippen LogP contribution in [0.1, 0.15) is 18.5 Å². The molecule has 0 aliphatic rings. The quantitative estimate of drug-likeness (QED) is 0.675. The van der Waals surface area contributed by atoms with Gasteiger partial charge in [0.05, 0.1) is 11.2 Å². The molecular weight excluding hydrogens is 276 g/mol. The lowest BCUT2D eigenvalue weighted by Crippen LogP contribution is -2.07. The molecule has 0 saturated heterocycles. The molecule has 0 aliphatic heterocycles. The summed E-state index contributed by atoms with van der Waals surface area (Å²) in [4.78, 5) is 5.78. The predicted molar refractivity (Wildman–Crippen MR) is 92.0 cm³/mol. The van der Waals surface area contributed by atoms with E-state index in [-0.39, 0.29) is 6.04 Å². The molecule has 0 saturated carbocycles. The van der Waals surface area contributed by atoms with Gasteiger partial charge in [0.2, 0.25) is 0 Å². The van der Waals surface area contributed by atoms with Gasteiger partial charge >= 0.3 is 0 Å². The van der Waals surface area contributed by atoms with Crippen LogP contribution < -0.4 is 5.32 Å². The second-order valence-corrected chi connectivity index (χ2v) is 5.90. The van der Waals surface area contributed by atoms with E-state index in [1.807, 2.05) is 12.3 Å². The van der Waals surface area contributed by atoms with E-state index in [2.05, 4.69) is 72.0 Å². The van der Waals surface area contributed by atoms with Gasteiger partial charge in [-0.3, -0.25) is 4.98 Å². The van der Waals surface area contributed by atoms with Crippen LogP contribution in [0.3, 0.4) is 0 Å². The third-order valence-electron chi connectivity index (χ3n) is 3.62. The van der Waals surface area contributed by atoms with Gasteiger partial charge in [0, 0.05) is 22.5 Å². The Bertz CT molecular complexity index is 732. The van der Waals surface area contributed by atoms with Crippen LogP contribution in [-0.4, -0.2) is 11.2 Å². The fourth-order valence-electron chi connectivity index (χ4n) is 2.43.